The summed E-state index contributed by atoms with van der Waals surface area (Å²) in [6.45, 7) is 21.4. The van der Waals surface area contributed by atoms with Gasteiger partial charge in [-0.1, -0.05) is 97.9 Å². The highest BCUT2D eigenvalue weighted by Gasteiger charge is 2.17. The van der Waals surface area contributed by atoms with Crippen LogP contribution in [-0.4, -0.2) is 7.05 Å². The molecule has 1 heterocycles. The van der Waals surface area contributed by atoms with E-state index in [1.165, 1.54) is 33.5 Å². The molecule has 27 heavy (non-hydrogen) atoms. The summed E-state index contributed by atoms with van der Waals surface area (Å²) < 4.78 is 0. The Bertz CT molecular complexity index is 653. The van der Waals surface area contributed by atoms with Crippen LogP contribution in [0.25, 0.3) is 11.1 Å². The van der Waals surface area contributed by atoms with Crippen LogP contribution in [0.1, 0.15) is 85.9 Å². The lowest BCUT2D eigenvalue weighted by molar-refractivity contribution is 0.914. The summed E-state index contributed by atoms with van der Waals surface area (Å²) in [5.41, 5.74) is 8.19. The average Bonchev–Trinajstić information content (AvgIpc) is 2.78. The SMILES string of the molecule is C/C1=C(\C)c2ccccc2N(C)Cc2ccccc21.CC.CC.CC.CC. The standard InChI is InChI=1S/C18H19N.4C2H6/c1-13-14(2)17-10-6-7-11-18(17)19(3)12-15-8-4-5-9-16(13)15;4*1-2/h4-11H,12H2,1-3H3;4*1-2H3/b14-13-;;;;. The molecule has 0 saturated heterocycles. The van der Waals surface area contributed by atoms with Crippen molar-refractivity contribution in [2.75, 3.05) is 11.9 Å². The second-order valence-corrected chi connectivity index (χ2v) is 5.28. The van der Waals surface area contributed by atoms with Crippen molar-refractivity contribution < 1.29 is 0 Å². The molecule has 0 aliphatic carbocycles. The number of fused-ring (bicyclic) bond motifs is 2. The number of rotatable bonds is 0. The molecule has 2 aromatic carbocycles. The zero-order chi connectivity index (χ0) is 21.4. The molecule has 0 saturated carbocycles. The first-order valence-corrected chi connectivity index (χ1v) is 10.7. The smallest absolute Gasteiger partial charge is 0.0443 e. The Morgan fingerprint density at radius 1 is 0.593 bits per heavy atom. The van der Waals surface area contributed by atoms with E-state index in [-0.39, 0.29) is 0 Å². The third kappa shape index (κ3) is 7.25. The van der Waals surface area contributed by atoms with Crippen LogP contribution in [0.5, 0.6) is 0 Å². The Labute approximate surface area is 170 Å². The van der Waals surface area contributed by atoms with Gasteiger partial charge in [0, 0.05) is 24.8 Å². The van der Waals surface area contributed by atoms with Gasteiger partial charge < -0.3 is 4.90 Å². The second kappa shape index (κ2) is 16.2. The molecular formula is C26H43N. The van der Waals surface area contributed by atoms with Gasteiger partial charge >= 0.3 is 0 Å². The summed E-state index contributed by atoms with van der Waals surface area (Å²) in [5.74, 6) is 0. The zero-order valence-corrected chi connectivity index (χ0v) is 19.8. The second-order valence-electron chi connectivity index (χ2n) is 5.28. The molecule has 0 amide bonds. The minimum Gasteiger partial charge on any atom is -0.370 e. The van der Waals surface area contributed by atoms with Crippen molar-refractivity contribution in [1.82, 2.24) is 0 Å². The number of hydrogen-bond donors (Lipinski definition) is 0. The third-order valence-electron chi connectivity index (χ3n) is 4.11. The molecule has 0 atom stereocenters. The van der Waals surface area contributed by atoms with E-state index in [4.69, 9.17) is 0 Å². The number of allylic oxidation sites excluding steroid dienone is 2. The van der Waals surface area contributed by atoms with Crippen molar-refractivity contribution in [2.24, 2.45) is 0 Å². The molecule has 1 nitrogen and oxygen atoms in total. The average molecular weight is 370 g/mol. The number of nitrogens with zero attached hydrogens (tertiary/aromatic N) is 1. The summed E-state index contributed by atoms with van der Waals surface area (Å²) >= 11 is 0. The Kier molecular flexibility index (Phi) is 16.3. The Morgan fingerprint density at radius 3 is 1.56 bits per heavy atom. The van der Waals surface area contributed by atoms with Crippen LogP contribution < -0.4 is 4.90 Å². The van der Waals surface area contributed by atoms with E-state index < -0.39 is 0 Å². The van der Waals surface area contributed by atoms with Gasteiger partial charge in [0.2, 0.25) is 0 Å². The molecule has 2 aromatic rings. The van der Waals surface area contributed by atoms with E-state index in [0.717, 1.165) is 6.54 Å². The maximum absolute atomic E-state index is 2.34. The quantitative estimate of drug-likeness (QED) is 0.449. The van der Waals surface area contributed by atoms with Crippen molar-refractivity contribution in [1.29, 1.82) is 0 Å². The highest BCUT2D eigenvalue weighted by Crippen LogP contribution is 2.36. The van der Waals surface area contributed by atoms with Crippen LogP contribution in [0.4, 0.5) is 5.69 Å². The highest BCUT2D eigenvalue weighted by atomic mass is 15.1. The molecule has 3 rings (SSSR count). The van der Waals surface area contributed by atoms with E-state index >= 15 is 0 Å². The molecule has 0 unspecified atom stereocenters. The molecule has 1 aliphatic rings. The predicted molar refractivity (Wildman–Crippen MR) is 129 cm³/mol. The lowest BCUT2D eigenvalue weighted by Crippen LogP contribution is -2.20. The van der Waals surface area contributed by atoms with Gasteiger partial charge in [-0.3, -0.25) is 0 Å². The van der Waals surface area contributed by atoms with Gasteiger partial charge in [-0.05, 0) is 42.2 Å². The van der Waals surface area contributed by atoms with Crippen molar-refractivity contribution in [2.45, 2.75) is 75.8 Å². The first-order valence-electron chi connectivity index (χ1n) is 10.7. The van der Waals surface area contributed by atoms with Gasteiger partial charge in [0.05, 0.1) is 0 Å². The monoisotopic (exact) mass is 369 g/mol. The molecule has 0 aromatic heterocycles. The Hall–Kier alpha value is -2.02. The van der Waals surface area contributed by atoms with Crippen LogP contribution in [0.15, 0.2) is 48.5 Å². The summed E-state index contributed by atoms with van der Waals surface area (Å²) in [7, 11) is 2.17. The van der Waals surface area contributed by atoms with Crippen molar-refractivity contribution in [3.63, 3.8) is 0 Å². The summed E-state index contributed by atoms with van der Waals surface area (Å²) in [4.78, 5) is 2.34. The van der Waals surface area contributed by atoms with Crippen LogP contribution in [0, 0.1) is 0 Å². The highest BCUT2D eigenvalue weighted by molar-refractivity contribution is 5.94. The fourth-order valence-corrected chi connectivity index (χ4v) is 2.89. The fourth-order valence-electron chi connectivity index (χ4n) is 2.89. The van der Waals surface area contributed by atoms with Crippen molar-refractivity contribution >= 4 is 16.8 Å². The Morgan fingerprint density at radius 2 is 1.00 bits per heavy atom. The van der Waals surface area contributed by atoms with Gasteiger partial charge in [0.25, 0.3) is 0 Å². The number of anilines is 1. The maximum Gasteiger partial charge on any atom is 0.0443 e. The topological polar surface area (TPSA) is 3.24 Å². The first kappa shape index (κ1) is 27.2. The Balaban J connectivity index is 0. The normalized spacial score (nSPS) is 13.8. The fraction of sp³-hybridized carbons (Fsp3) is 0.462. The van der Waals surface area contributed by atoms with Gasteiger partial charge in [-0.2, -0.15) is 0 Å². The van der Waals surface area contributed by atoms with E-state index in [0.29, 0.717) is 0 Å². The molecule has 0 N–H and O–H groups in total. The van der Waals surface area contributed by atoms with Gasteiger partial charge in [-0.25, -0.2) is 0 Å². The minimum atomic E-state index is 0.956. The molecule has 0 spiro atoms. The molecule has 1 aliphatic heterocycles. The number of benzene rings is 2. The minimum absolute atomic E-state index is 0.956. The van der Waals surface area contributed by atoms with E-state index in [9.17, 15) is 0 Å². The molecule has 152 valence electrons. The molecule has 0 bridgehead atoms. The van der Waals surface area contributed by atoms with Gasteiger partial charge in [0.1, 0.15) is 0 Å². The van der Waals surface area contributed by atoms with E-state index in [1.807, 2.05) is 55.4 Å². The summed E-state index contributed by atoms with van der Waals surface area (Å²) in [6.07, 6.45) is 0. The van der Waals surface area contributed by atoms with Crippen LogP contribution in [0.3, 0.4) is 0 Å². The maximum atomic E-state index is 2.34. The third-order valence-corrected chi connectivity index (χ3v) is 4.11. The zero-order valence-electron chi connectivity index (χ0n) is 19.8. The van der Waals surface area contributed by atoms with Gasteiger partial charge in [-0.15, -0.1) is 0 Å². The van der Waals surface area contributed by atoms with Crippen molar-refractivity contribution in [3.05, 3.63) is 65.2 Å². The van der Waals surface area contributed by atoms with Gasteiger partial charge in [0.15, 0.2) is 0 Å². The largest absolute Gasteiger partial charge is 0.370 e. The number of para-hydroxylation sites is 1. The van der Waals surface area contributed by atoms with Crippen molar-refractivity contribution in [3.8, 4) is 0 Å². The lowest BCUT2D eigenvalue weighted by Gasteiger charge is -2.28. The molecule has 0 fully saturated rings. The van der Waals surface area contributed by atoms with E-state index in [1.54, 1.807) is 0 Å². The number of hydrogen-bond acceptors (Lipinski definition) is 1. The molecular weight excluding hydrogens is 326 g/mol. The first-order chi connectivity index (χ1) is 13.2. The predicted octanol–water partition coefficient (Wildman–Crippen LogP) is 8.69. The summed E-state index contributed by atoms with van der Waals surface area (Å²) in [5, 5.41) is 0. The lowest BCUT2D eigenvalue weighted by atomic mass is 9.90. The van der Waals surface area contributed by atoms with Crippen LogP contribution in [0.2, 0.25) is 0 Å². The summed E-state index contributed by atoms with van der Waals surface area (Å²) in [6, 6.07) is 17.4. The molecule has 1 heteroatoms. The van der Waals surface area contributed by atoms with E-state index in [2.05, 4.69) is 74.3 Å². The van der Waals surface area contributed by atoms with Crippen LogP contribution in [-0.2, 0) is 6.54 Å². The molecule has 0 radical (unpaired) electrons. The van der Waals surface area contributed by atoms with Crippen LogP contribution >= 0.6 is 0 Å².